The number of piperidine rings is 1. The van der Waals surface area contributed by atoms with Crippen LogP contribution in [-0.2, 0) is 20.0 Å². The molecule has 1 saturated heterocycles. The van der Waals surface area contributed by atoms with Crippen LogP contribution in [0.3, 0.4) is 0 Å². The van der Waals surface area contributed by atoms with Crippen molar-refractivity contribution in [2.45, 2.75) is 52.5 Å². The van der Waals surface area contributed by atoms with Gasteiger partial charge in [0.25, 0.3) is 0 Å². The van der Waals surface area contributed by atoms with Crippen LogP contribution in [0.5, 0.6) is 0 Å². The molecule has 29 heavy (non-hydrogen) atoms. The van der Waals surface area contributed by atoms with Crippen LogP contribution in [0.15, 0.2) is 18.5 Å². The lowest BCUT2D eigenvalue weighted by atomic mass is 9.98. The minimum absolute atomic E-state index is 0.360. The van der Waals surface area contributed by atoms with Crippen molar-refractivity contribution in [3.63, 3.8) is 0 Å². The summed E-state index contributed by atoms with van der Waals surface area (Å²) >= 11 is 0. The van der Waals surface area contributed by atoms with Gasteiger partial charge in [-0.3, -0.25) is 9.36 Å². The molecule has 156 valence electrons. The van der Waals surface area contributed by atoms with Gasteiger partial charge in [-0.05, 0) is 51.8 Å². The standard InChI is InChI=1S/C21H32N8/c1-6-28-19(11-17(24-28)10-15(2)3)21-23-20(16-8-7-9-26(4)13-16)25-29(21)18-12-22-27(5)14-18/h11-12,14-16H,6-10,13H2,1-5H3. The smallest absolute Gasteiger partial charge is 0.181 e. The molecule has 1 fully saturated rings. The Bertz CT molecular complexity index is 963. The van der Waals surface area contributed by atoms with Crippen molar-refractivity contribution in [1.29, 1.82) is 0 Å². The SMILES string of the molecule is CCn1nc(CC(C)C)cc1-c1nc(C2CCCN(C)C2)nn1-c1cnn(C)c1. The highest BCUT2D eigenvalue weighted by atomic mass is 15.4. The van der Waals surface area contributed by atoms with E-state index < -0.39 is 0 Å². The summed E-state index contributed by atoms with van der Waals surface area (Å²) in [6.07, 6.45) is 7.10. The molecule has 0 radical (unpaired) electrons. The lowest BCUT2D eigenvalue weighted by Crippen LogP contribution is -2.31. The fourth-order valence-electron chi connectivity index (χ4n) is 4.15. The fraction of sp³-hybridized carbons (Fsp3) is 0.619. The van der Waals surface area contributed by atoms with E-state index in [1.807, 2.05) is 28.8 Å². The summed E-state index contributed by atoms with van der Waals surface area (Å²) in [5, 5.41) is 14.1. The van der Waals surface area contributed by atoms with Gasteiger partial charge in [0, 0.05) is 26.1 Å². The second-order valence-electron chi connectivity index (χ2n) is 8.61. The van der Waals surface area contributed by atoms with Crippen LogP contribution in [0, 0.1) is 5.92 Å². The molecule has 1 aliphatic heterocycles. The third-order valence-electron chi connectivity index (χ3n) is 5.53. The maximum Gasteiger partial charge on any atom is 0.181 e. The van der Waals surface area contributed by atoms with Crippen LogP contribution in [0.1, 0.15) is 51.0 Å². The topological polar surface area (TPSA) is 69.6 Å². The van der Waals surface area contributed by atoms with Crippen molar-refractivity contribution < 1.29 is 0 Å². The van der Waals surface area contributed by atoms with Crippen molar-refractivity contribution in [1.82, 2.24) is 39.2 Å². The molecule has 4 heterocycles. The van der Waals surface area contributed by atoms with Gasteiger partial charge in [-0.2, -0.15) is 15.3 Å². The van der Waals surface area contributed by atoms with Gasteiger partial charge in [-0.15, -0.1) is 0 Å². The lowest BCUT2D eigenvalue weighted by Gasteiger charge is -2.27. The monoisotopic (exact) mass is 396 g/mol. The van der Waals surface area contributed by atoms with Gasteiger partial charge >= 0.3 is 0 Å². The molecule has 0 bridgehead atoms. The maximum absolute atomic E-state index is 5.05. The van der Waals surface area contributed by atoms with Crippen molar-refractivity contribution in [3.8, 4) is 17.2 Å². The van der Waals surface area contributed by atoms with E-state index in [-0.39, 0.29) is 0 Å². The van der Waals surface area contributed by atoms with E-state index in [4.69, 9.17) is 15.2 Å². The summed E-state index contributed by atoms with van der Waals surface area (Å²) in [6.45, 7) is 9.52. The maximum atomic E-state index is 5.05. The number of rotatable bonds is 6. The van der Waals surface area contributed by atoms with E-state index in [1.54, 1.807) is 4.68 Å². The van der Waals surface area contributed by atoms with Gasteiger partial charge in [0.1, 0.15) is 11.4 Å². The van der Waals surface area contributed by atoms with E-state index in [0.717, 1.165) is 61.2 Å². The molecule has 0 aliphatic carbocycles. The third kappa shape index (κ3) is 4.12. The molecule has 4 rings (SSSR count). The number of likely N-dealkylation sites (N-methyl/N-ethyl adjacent to an activating group) is 1. The van der Waals surface area contributed by atoms with E-state index in [0.29, 0.717) is 11.8 Å². The largest absolute Gasteiger partial charge is 0.306 e. The quantitative estimate of drug-likeness (QED) is 0.641. The number of likely N-dealkylation sites (tertiary alicyclic amines) is 1. The van der Waals surface area contributed by atoms with Crippen LogP contribution in [0.4, 0.5) is 0 Å². The second-order valence-corrected chi connectivity index (χ2v) is 8.61. The van der Waals surface area contributed by atoms with Gasteiger partial charge in [0.05, 0.1) is 18.1 Å². The van der Waals surface area contributed by atoms with Gasteiger partial charge in [0.2, 0.25) is 0 Å². The number of aryl methyl sites for hydroxylation is 2. The average Bonchev–Trinajstić information content (AvgIpc) is 3.38. The molecule has 8 heteroatoms. The van der Waals surface area contributed by atoms with Crippen molar-refractivity contribution in [3.05, 3.63) is 30.0 Å². The zero-order chi connectivity index (χ0) is 20.5. The van der Waals surface area contributed by atoms with Crippen LogP contribution < -0.4 is 0 Å². The molecule has 0 amide bonds. The van der Waals surface area contributed by atoms with Crippen molar-refractivity contribution in [2.75, 3.05) is 20.1 Å². The molecule has 0 N–H and O–H groups in total. The fourth-order valence-corrected chi connectivity index (χ4v) is 4.15. The van der Waals surface area contributed by atoms with Crippen LogP contribution in [0.2, 0.25) is 0 Å². The Hall–Kier alpha value is -2.48. The molecular weight excluding hydrogens is 364 g/mol. The van der Waals surface area contributed by atoms with Crippen LogP contribution in [0.25, 0.3) is 17.2 Å². The summed E-state index contributed by atoms with van der Waals surface area (Å²) in [4.78, 5) is 7.42. The van der Waals surface area contributed by atoms with E-state index >= 15 is 0 Å². The van der Waals surface area contributed by atoms with Crippen LogP contribution in [-0.4, -0.2) is 59.4 Å². The zero-order valence-corrected chi connectivity index (χ0v) is 18.2. The highest BCUT2D eigenvalue weighted by molar-refractivity contribution is 5.54. The average molecular weight is 397 g/mol. The predicted molar refractivity (Wildman–Crippen MR) is 113 cm³/mol. The molecule has 3 aromatic rings. The molecule has 1 unspecified atom stereocenters. The molecule has 1 atom stereocenters. The molecule has 3 aromatic heterocycles. The number of nitrogens with zero attached hydrogens (tertiary/aromatic N) is 8. The molecule has 8 nitrogen and oxygen atoms in total. The Kier molecular flexibility index (Phi) is 5.54. The molecular formula is C21H32N8. The van der Waals surface area contributed by atoms with Crippen LogP contribution >= 0.6 is 0 Å². The number of hydrogen-bond donors (Lipinski definition) is 0. The Morgan fingerprint density at radius 3 is 2.69 bits per heavy atom. The molecule has 0 aromatic carbocycles. The van der Waals surface area contributed by atoms with Gasteiger partial charge in [-0.1, -0.05) is 13.8 Å². The summed E-state index contributed by atoms with van der Waals surface area (Å²) in [7, 11) is 4.10. The first-order chi connectivity index (χ1) is 13.9. The first kappa shape index (κ1) is 19.8. The summed E-state index contributed by atoms with van der Waals surface area (Å²) in [5.41, 5.74) is 3.06. The Balaban J connectivity index is 1.80. The molecule has 0 saturated carbocycles. The van der Waals surface area contributed by atoms with Crippen molar-refractivity contribution >= 4 is 0 Å². The first-order valence-electron chi connectivity index (χ1n) is 10.7. The van der Waals surface area contributed by atoms with Gasteiger partial charge < -0.3 is 4.90 Å². The Morgan fingerprint density at radius 2 is 2.03 bits per heavy atom. The van der Waals surface area contributed by atoms with E-state index in [2.05, 4.69) is 43.9 Å². The van der Waals surface area contributed by atoms with E-state index in [1.165, 1.54) is 6.42 Å². The summed E-state index contributed by atoms with van der Waals surface area (Å²) in [5.74, 6) is 2.70. The van der Waals surface area contributed by atoms with Crippen molar-refractivity contribution in [2.24, 2.45) is 13.0 Å². The van der Waals surface area contributed by atoms with E-state index in [9.17, 15) is 0 Å². The Morgan fingerprint density at radius 1 is 1.21 bits per heavy atom. The third-order valence-corrected chi connectivity index (χ3v) is 5.53. The molecule has 1 aliphatic rings. The minimum Gasteiger partial charge on any atom is -0.306 e. The summed E-state index contributed by atoms with van der Waals surface area (Å²) < 4.78 is 5.79. The normalized spacial score (nSPS) is 18.1. The second kappa shape index (κ2) is 8.10. The number of hydrogen-bond acceptors (Lipinski definition) is 5. The predicted octanol–water partition coefficient (Wildman–Crippen LogP) is 2.89. The number of aromatic nitrogens is 7. The highest BCUT2D eigenvalue weighted by Crippen LogP contribution is 2.29. The highest BCUT2D eigenvalue weighted by Gasteiger charge is 2.26. The summed E-state index contributed by atoms with van der Waals surface area (Å²) in [6, 6.07) is 2.18. The minimum atomic E-state index is 0.360. The van der Waals surface area contributed by atoms with Gasteiger partial charge in [-0.25, -0.2) is 9.67 Å². The zero-order valence-electron chi connectivity index (χ0n) is 18.2. The Labute approximate surface area is 172 Å². The molecule has 0 spiro atoms. The first-order valence-corrected chi connectivity index (χ1v) is 10.7. The van der Waals surface area contributed by atoms with Gasteiger partial charge in [0.15, 0.2) is 11.6 Å². The lowest BCUT2D eigenvalue weighted by molar-refractivity contribution is 0.246.